The first kappa shape index (κ1) is 14.0. The van der Waals surface area contributed by atoms with Crippen LogP contribution < -0.4 is 0 Å². The van der Waals surface area contributed by atoms with Crippen molar-refractivity contribution < 1.29 is 22.0 Å². The molecule has 6 heteroatoms. The SMILES string of the molecule is BC(C)(CCC)c1c(F)c(F)c(F)c(F)c1F. The molecule has 0 saturated heterocycles. The summed E-state index contributed by atoms with van der Waals surface area (Å²) in [6.07, 6.45) is 0.901. The van der Waals surface area contributed by atoms with E-state index in [-0.39, 0.29) is 0 Å². The molecule has 1 unspecified atom stereocenters. The van der Waals surface area contributed by atoms with Crippen molar-refractivity contribution in [3.8, 4) is 0 Å². The van der Waals surface area contributed by atoms with Gasteiger partial charge in [-0.2, -0.15) is 0 Å². The molecule has 0 aromatic heterocycles. The summed E-state index contributed by atoms with van der Waals surface area (Å²) in [7, 11) is 1.45. The van der Waals surface area contributed by atoms with Gasteiger partial charge in [0.15, 0.2) is 23.3 Å². The predicted octanol–water partition coefficient (Wildman–Crippen LogP) is 3.03. The Morgan fingerprint density at radius 1 is 0.882 bits per heavy atom. The Hall–Kier alpha value is -1.07. The molecule has 0 fully saturated rings. The van der Waals surface area contributed by atoms with E-state index in [0.29, 0.717) is 12.8 Å². The molecule has 0 bridgehead atoms. The van der Waals surface area contributed by atoms with Crippen LogP contribution in [0.4, 0.5) is 22.0 Å². The van der Waals surface area contributed by atoms with Gasteiger partial charge >= 0.3 is 0 Å². The summed E-state index contributed by atoms with van der Waals surface area (Å²) in [5, 5.41) is -1.10. The maximum atomic E-state index is 13.5. The Morgan fingerprint density at radius 3 is 1.59 bits per heavy atom. The van der Waals surface area contributed by atoms with E-state index in [1.165, 1.54) is 14.8 Å². The van der Waals surface area contributed by atoms with E-state index >= 15 is 0 Å². The Balaban J connectivity index is 3.54. The lowest BCUT2D eigenvalue weighted by atomic mass is 9.63. The second-order valence-electron chi connectivity index (χ2n) is 4.58. The highest BCUT2D eigenvalue weighted by Gasteiger charge is 2.34. The van der Waals surface area contributed by atoms with Crippen LogP contribution in [-0.2, 0) is 5.31 Å². The first-order valence-electron chi connectivity index (χ1n) is 5.26. The second-order valence-corrected chi connectivity index (χ2v) is 4.58. The minimum absolute atomic E-state index is 0.325. The average molecular weight is 250 g/mol. The van der Waals surface area contributed by atoms with Crippen LogP contribution in [0.25, 0.3) is 0 Å². The van der Waals surface area contributed by atoms with Crippen LogP contribution in [0.15, 0.2) is 0 Å². The molecule has 0 aliphatic carbocycles. The molecule has 0 N–H and O–H groups in total. The maximum absolute atomic E-state index is 13.5. The number of hydrogen-bond donors (Lipinski definition) is 0. The summed E-state index contributed by atoms with van der Waals surface area (Å²) < 4.78 is 65.9. The maximum Gasteiger partial charge on any atom is 0.200 e. The van der Waals surface area contributed by atoms with E-state index in [4.69, 9.17) is 0 Å². The number of rotatable bonds is 3. The monoisotopic (exact) mass is 250 g/mol. The highest BCUT2D eigenvalue weighted by atomic mass is 19.2. The molecule has 1 atom stereocenters. The molecule has 0 radical (unpaired) electrons. The van der Waals surface area contributed by atoms with Crippen molar-refractivity contribution in [3.05, 3.63) is 34.6 Å². The van der Waals surface area contributed by atoms with E-state index in [0.717, 1.165) is 0 Å². The van der Waals surface area contributed by atoms with Gasteiger partial charge in [-0.05, 0) is 5.31 Å². The van der Waals surface area contributed by atoms with E-state index in [1.54, 1.807) is 6.92 Å². The molecular weight excluding hydrogens is 238 g/mol. The van der Waals surface area contributed by atoms with Crippen LogP contribution in [0.2, 0.25) is 0 Å². The van der Waals surface area contributed by atoms with Gasteiger partial charge in [-0.3, -0.25) is 0 Å². The summed E-state index contributed by atoms with van der Waals surface area (Å²) in [6.45, 7) is 3.22. The van der Waals surface area contributed by atoms with Crippen LogP contribution in [0.3, 0.4) is 0 Å². The second kappa shape index (κ2) is 4.66. The van der Waals surface area contributed by atoms with Gasteiger partial charge in [0.2, 0.25) is 5.82 Å². The molecule has 0 saturated carbocycles. The third kappa shape index (κ3) is 2.30. The molecule has 0 spiro atoms. The highest BCUT2D eigenvalue weighted by Crippen LogP contribution is 2.33. The van der Waals surface area contributed by atoms with E-state index in [2.05, 4.69) is 0 Å². The lowest BCUT2D eigenvalue weighted by Crippen LogP contribution is -2.27. The molecule has 1 aromatic rings. The lowest BCUT2D eigenvalue weighted by Gasteiger charge is -2.26. The first-order chi connectivity index (χ1) is 7.74. The van der Waals surface area contributed by atoms with Gasteiger partial charge in [-0.25, -0.2) is 22.0 Å². The summed E-state index contributed by atoms with van der Waals surface area (Å²) >= 11 is 0. The van der Waals surface area contributed by atoms with Gasteiger partial charge in [-0.1, -0.05) is 26.7 Å². The van der Waals surface area contributed by atoms with Crippen molar-refractivity contribution in [3.63, 3.8) is 0 Å². The Kier molecular flexibility index (Phi) is 3.84. The Labute approximate surface area is 97.2 Å². The van der Waals surface area contributed by atoms with Crippen molar-refractivity contribution in [2.45, 2.75) is 32.0 Å². The summed E-state index contributed by atoms with van der Waals surface area (Å²) in [5.41, 5.74) is -0.740. The fourth-order valence-corrected chi connectivity index (χ4v) is 1.95. The van der Waals surface area contributed by atoms with E-state index in [1.807, 2.05) is 0 Å². The molecule has 0 aliphatic rings. The molecular formula is C11H12BF5. The first-order valence-corrected chi connectivity index (χ1v) is 5.26. The normalized spacial score (nSPS) is 14.8. The average Bonchev–Trinajstić information content (AvgIpc) is 2.23. The van der Waals surface area contributed by atoms with Crippen molar-refractivity contribution in [1.82, 2.24) is 0 Å². The quantitative estimate of drug-likeness (QED) is 0.335. The van der Waals surface area contributed by atoms with Gasteiger partial charge in [0.25, 0.3) is 0 Å². The third-order valence-corrected chi connectivity index (χ3v) is 2.76. The van der Waals surface area contributed by atoms with Crippen LogP contribution >= 0.6 is 0 Å². The number of halogens is 5. The lowest BCUT2D eigenvalue weighted by molar-refractivity contribution is 0.357. The fourth-order valence-electron chi connectivity index (χ4n) is 1.95. The molecule has 94 valence electrons. The molecule has 1 aromatic carbocycles. The minimum Gasteiger partial charge on any atom is -0.203 e. The van der Waals surface area contributed by atoms with E-state index < -0.39 is 40.0 Å². The third-order valence-electron chi connectivity index (χ3n) is 2.76. The molecule has 0 aliphatic heterocycles. The topological polar surface area (TPSA) is 0 Å². The van der Waals surface area contributed by atoms with Crippen LogP contribution in [-0.4, -0.2) is 7.85 Å². The van der Waals surface area contributed by atoms with Crippen molar-refractivity contribution >= 4 is 7.85 Å². The Bertz CT molecular complexity index is 413. The van der Waals surface area contributed by atoms with Gasteiger partial charge < -0.3 is 0 Å². The van der Waals surface area contributed by atoms with Gasteiger partial charge in [0.05, 0.1) is 0 Å². The molecule has 17 heavy (non-hydrogen) atoms. The smallest absolute Gasteiger partial charge is 0.200 e. The van der Waals surface area contributed by atoms with Gasteiger partial charge in [0.1, 0.15) is 7.85 Å². The standard InChI is InChI=1S/C11H12BF5/c1-3-4-11(2,12)5-6(13)8(15)10(17)9(16)7(5)14/h3-4,12H2,1-2H3. The summed E-state index contributed by atoms with van der Waals surface area (Å²) in [4.78, 5) is 0. The number of benzene rings is 1. The largest absolute Gasteiger partial charge is 0.203 e. The predicted molar refractivity (Wildman–Crippen MR) is 57.0 cm³/mol. The van der Waals surface area contributed by atoms with Crippen molar-refractivity contribution in [1.29, 1.82) is 0 Å². The summed E-state index contributed by atoms with van der Waals surface area (Å²) in [6, 6.07) is 0. The molecule has 1 rings (SSSR count). The zero-order valence-corrected chi connectivity index (χ0v) is 9.80. The van der Waals surface area contributed by atoms with Gasteiger partial charge in [-0.15, -0.1) is 0 Å². The highest BCUT2D eigenvalue weighted by molar-refractivity contribution is 6.15. The van der Waals surface area contributed by atoms with E-state index in [9.17, 15) is 22.0 Å². The molecule has 0 nitrogen and oxygen atoms in total. The fraction of sp³-hybridized carbons (Fsp3) is 0.455. The summed E-state index contributed by atoms with van der Waals surface area (Å²) in [5.74, 6) is -9.36. The zero-order valence-electron chi connectivity index (χ0n) is 9.80. The van der Waals surface area contributed by atoms with Crippen LogP contribution in [0.1, 0.15) is 32.3 Å². The van der Waals surface area contributed by atoms with Crippen LogP contribution in [0, 0.1) is 29.1 Å². The molecule has 0 heterocycles. The molecule has 0 amide bonds. The van der Waals surface area contributed by atoms with Crippen molar-refractivity contribution in [2.75, 3.05) is 0 Å². The van der Waals surface area contributed by atoms with Gasteiger partial charge in [0, 0.05) is 5.56 Å². The number of hydrogen-bond acceptors (Lipinski definition) is 0. The van der Waals surface area contributed by atoms with Crippen molar-refractivity contribution in [2.24, 2.45) is 0 Å². The van der Waals surface area contributed by atoms with Crippen LogP contribution in [0.5, 0.6) is 0 Å². The zero-order chi connectivity index (χ0) is 13.4. The minimum atomic E-state index is -2.11. The Morgan fingerprint density at radius 2 is 1.24 bits per heavy atom.